The van der Waals surface area contributed by atoms with Crippen LogP contribution < -0.4 is 5.73 Å². The number of nitrogens with two attached hydrogens (primary N) is 1. The third-order valence-electron chi connectivity index (χ3n) is 2.14. The Morgan fingerprint density at radius 1 is 1.29 bits per heavy atom. The van der Waals surface area contributed by atoms with Crippen LogP contribution in [0, 0.1) is 0 Å². The van der Waals surface area contributed by atoms with Crippen LogP contribution in [0.15, 0.2) is 24.3 Å². The molecule has 1 aromatic rings. The normalized spacial score (nSPS) is 15.6. The first-order valence-electron chi connectivity index (χ1n) is 4.99. The Bertz CT molecular complexity index is 351. The van der Waals surface area contributed by atoms with Gasteiger partial charge in [0, 0.05) is 16.8 Å². The lowest BCUT2D eigenvalue weighted by Crippen LogP contribution is -2.40. The first kappa shape index (κ1) is 14.7. The number of thioether (sulfide) groups is 1. The predicted molar refractivity (Wildman–Crippen MR) is 66.2 cm³/mol. The minimum atomic E-state index is -4.27. The van der Waals surface area contributed by atoms with E-state index in [2.05, 4.69) is 0 Å². The fraction of sp³-hybridized carbons (Fsp3) is 0.455. The molecule has 2 unspecified atom stereocenters. The maximum atomic E-state index is 12.6. The predicted octanol–water partition coefficient (Wildman–Crippen LogP) is 3.85. The molecular formula is C11H13ClF3NS. The van der Waals surface area contributed by atoms with Crippen LogP contribution in [0.25, 0.3) is 0 Å². The monoisotopic (exact) mass is 283 g/mol. The van der Waals surface area contributed by atoms with E-state index in [1.165, 1.54) is 6.92 Å². The van der Waals surface area contributed by atoms with E-state index < -0.39 is 17.5 Å². The van der Waals surface area contributed by atoms with Crippen molar-refractivity contribution in [2.45, 2.75) is 30.1 Å². The van der Waals surface area contributed by atoms with Gasteiger partial charge in [0.1, 0.15) is 5.25 Å². The van der Waals surface area contributed by atoms with Gasteiger partial charge in [0.15, 0.2) is 0 Å². The zero-order valence-electron chi connectivity index (χ0n) is 9.17. The quantitative estimate of drug-likeness (QED) is 0.908. The number of hydrogen-bond acceptors (Lipinski definition) is 2. The largest absolute Gasteiger partial charge is 0.402 e. The Morgan fingerprint density at radius 3 is 2.24 bits per heavy atom. The van der Waals surface area contributed by atoms with Crippen LogP contribution in [-0.2, 0) is 5.75 Å². The van der Waals surface area contributed by atoms with Gasteiger partial charge in [-0.05, 0) is 24.6 Å². The average Bonchev–Trinajstić information content (AvgIpc) is 2.18. The molecule has 96 valence electrons. The summed E-state index contributed by atoms with van der Waals surface area (Å²) in [5.74, 6) is 0.267. The molecule has 0 fully saturated rings. The minimum absolute atomic E-state index is 0.267. The Morgan fingerprint density at radius 2 is 1.82 bits per heavy atom. The average molecular weight is 284 g/mol. The zero-order chi connectivity index (χ0) is 13.1. The number of rotatable bonds is 4. The van der Waals surface area contributed by atoms with Gasteiger partial charge in [0.25, 0.3) is 0 Å². The van der Waals surface area contributed by atoms with Crippen LogP contribution in [0.3, 0.4) is 0 Å². The Balaban J connectivity index is 2.61. The molecule has 17 heavy (non-hydrogen) atoms. The fourth-order valence-corrected chi connectivity index (χ4v) is 2.49. The molecule has 0 spiro atoms. The molecule has 1 rings (SSSR count). The van der Waals surface area contributed by atoms with Crippen LogP contribution in [0.1, 0.15) is 12.5 Å². The summed E-state index contributed by atoms with van der Waals surface area (Å²) in [4.78, 5) is 0. The van der Waals surface area contributed by atoms with E-state index >= 15 is 0 Å². The van der Waals surface area contributed by atoms with Gasteiger partial charge in [-0.1, -0.05) is 23.7 Å². The fourth-order valence-electron chi connectivity index (χ4n) is 1.31. The first-order chi connectivity index (χ1) is 7.80. The molecule has 0 saturated heterocycles. The molecule has 0 heterocycles. The van der Waals surface area contributed by atoms with Gasteiger partial charge < -0.3 is 5.73 Å². The van der Waals surface area contributed by atoms with E-state index in [9.17, 15) is 13.2 Å². The van der Waals surface area contributed by atoms with Gasteiger partial charge in [-0.25, -0.2) is 0 Å². The standard InChI is InChI=1S/C11H13ClF3NS/c1-7(16)10(11(13,14)15)17-6-8-2-4-9(12)5-3-8/h2-5,7,10H,6,16H2,1H3. The number of benzene rings is 1. The highest BCUT2D eigenvalue weighted by Gasteiger charge is 2.42. The van der Waals surface area contributed by atoms with Crippen LogP contribution in [0.4, 0.5) is 13.2 Å². The molecule has 0 saturated carbocycles. The number of alkyl halides is 3. The summed E-state index contributed by atoms with van der Waals surface area (Å²) in [5.41, 5.74) is 6.15. The Labute approximate surface area is 108 Å². The van der Waals surface area contributed by atoms with Gasteiger partial charge in [0.2, 0.25) is 0 Å². The minimum Gasteiger partial charge on any atom is -0.327 e. The maximum absolute atomic E-state index is 12.6. The summed E-state index contributed by atoms with van der Waals surface area (Å²) in [5, 5.41) is -0.975. The summed E-state index contributed by atoms with van der Waals surface area (Å²) in [6.45, 7) is 1.37. The zero-order valence-corrected chi connectivity index (χ0v) is 10.7. The molecule has 0 aliphatic heterocycles. The lowest BCUT2D eigenvalue weighted by atomic mass is 10.2. The van der Waals surface area contributed by atoms with Crippen molar-refractivity contribution in [2.24, 2.45) is 5.73 Å². The third-order valence-corrected chi connectivity index (χ3v) is 3.95. The summed E-state index contributed by atoms with van der Waals surface area (Å²) in [7, 11) is 0. The number of halogens is 4. The summed E-state index contributed by atoms with van der Waals surface area (Å²) >= 11 is 6.49. The van der Waals surface area contributed by atoms with Crippen molar-refractivity contribution < 1.29 is 13.2 Å². The van der Waals surface area contributed by atoms with Crippen molar-refractivity contribution in [1.82, 2.24) is 0 Å². The van der Waals surface area contributed by atoms with Crippen molar-refractivity contribution in [2.75, 3.05) is 0 Å². The van der Waals surface area contributed by atoms with E-state index in [-0.39, 0.29) is 5.75 Å². The van der Waals surface area contributed by atoms with Gasteiger partial charge >= 0.3 is 6.18 Å². The summed E-state index contributed by atoms with van der Waals surface area (Å²) < 4.78 is 37.8. The van der Waals surface area contributed by atoms with Crippen molar-refractivity contribution >= 4 is 23.4 Å². The molecule has 0 aliphatic carbocycles. The van der Waals surface area contributed by atoms with E-state index in [0.29, 0.717) is 5.02 Å². The molecular weight excluding hydrogens is 271 g/mol. The first-order valence-corrected chi connectivity index (χ1v) is 6.41. The van der Waals surface area contributed by atoms with Crippen LogP contribution in [0.5, 0.6) is 0 Å². The van der Waals surface area contributed by atoms with Gasteiger partial charge in [0.05, 0.1) is 0 Å². The third kappa shape index (κ3) is 4.77. The van der Waals surface area contributed by atoms with Crippen molar-refractivity contribution in [3.05, 3.63) is 34.9 Å². The molecule has 1 nitrogen and oxygen atoms in total. The lowest BCUT2D eigenvalue weighted by molar-refractivity contribution is -0.131. The molecule has 2 atom stereocenters. The molecule has 2 N–H and O–H groups in total. The van der Waals surface area contributed by atoms with Crippen LogP contribution in [0.2, 0.25) is 5.02 Å². The second-order valence-electron chi connectivity index (χ2n) is 3.76. The molecule has 1 aromatic carbocycles. The lowest BCUT2D eigenvalue weighted by Gasteiger charge is -2.23. The van der Waals surface area contributed by atoms with Crippen LogP contribution >= 0.6 is 23.4 Å². The molecule has 6 heteroatoms. The highest BCUT2D eigenvalue weighted by molar-refractivity contribution is 7.99. The topological polar surface area (TPSA) is 26.0 Å². The van der Waals surface area contributed by atoms with E-state index in [0.717, 1.165) is 17.3 Å². The molecule has 0 radical (unpaired) electrons. The van der Waals surface area contributed by atoms with Gasteiger partial charge in [-0.2, -0.15) is 13.2 Å². The van der Waals surface area contributed by atoms with Gasteiger partial charge in [-0.3, -0.25) is 0 Å². The second kappa shape index (κ2) is 5.98. The smallest absolute Gasteiger partial charge is 0.327 e. The Kier molecular flexibility index (Phi) is 5.16. The van der Waals surface area contributed by atoms with E-state index in [1.54, 1.807) is 24.3 Å². The van der Waals surface area contributed by atoms with E-state index in [4.69, 9.17) is 17.3 Å². The number of hydrogen-bond donors (Lipinski definition) is 1. The van der Waals surface area contributed by atoms with Gasteiger partial charge in [-0.15, -0.1) is 11.8 Å². The van der Waals surface area contributed by atoms with Crippen LogP contribution in [-0.4, -0.2) is 17.5 Å². The maximum Gasteiger partial charge on any atom is 0.402 e. The van der Waals surface area contributed by atoms with Crippen molar-refractivity contribution in [3.63, 3.8) is 0 Å². The summed E-state index contributed by atoms with van der Waals surface area (Å²) in [6.07, 6.45) is -4.27. The summed E-state index contributed by atoms with van der Waals surface area (Å²) in [6, 6.07) is 5.82. The Hall–Kier alpha value is -0.390. The van der Waals surface area contributed by atoms with Crippen molar-refractivity contribution in [3.8, 4) is 0 Å². The SMILES string of the molecule is CC(N)C(SCc1ccc(Cl)cc1)C(F)(F)F. The highest BCUT2D eigenvalue weighted by Crippen LogP contribution is 2.34. The molecule has 0 bridgehead atoms. The van der Waals surface area contributed by atoms with E-state index in [1.807, 2.05) is 0 Å². The highest BCUT2D eigenvalue weighted by atomic mass is 35.5. The second-order valence-corrected chi connectivity index (χ2v) is 5.33. The van der Waals surface area contributed by atoms with Crippen molar-refractivity contribution in [1.29, 1.82) is 0 Å². The molecule has 0 aliphatic rings. The molecule has 0 aromatic heterocycles. The molecule has 0 amide bonds.